The average molecular weight is 312 g/mol. The fourth-order valence-electron chi connectivity index (χ4n) is 2.90. The second-order valence-corrected chi connectivity index (χ2v) is 6.00. The van der Waals surface area contributed by atoms with Crippen molar-refractivity contribution in [3.05, 3.63) is 28.2 Å². The van der Waals surface area contributed by atoms with Crippen molar-refractivity contribution in [2.24, 2.45) is 0 Å². The van der Waals surface area contributed by atoms with E-state index in [0.717, 1.165) is 36.2 Å². The third-order valence-electron chi connectivity index (χ3n) is 3.77. The molecule has 1 spiro atoms. The lowest BCUT2D eigenvalue weighted by atomic mass is 9.86. The Kier molecular flexibility index (Phi) is 3.34. The predicted molar refractivity (Wildman–Crippen MR) is 74.0 cm³/mol. The minimum atomic E-state index is -0.124. The summed E-state index contributed by atoms with van der Waals surface area (Å²) < 4.78 is 12.9. The van der Waals surface area contributed by atoms with E-state index in [1.807, 2.05) is 0 Å². The zero-order chi connectivity index (χ0) is 12.6. The summed E-state index contributed by atoms with van der Waals surface area (Å²) in [5.74, 6) is 0.993. The summed E-state index contributed by atoms with van der Waals surface area (Å²) in [4.78, 5) is 0. The lowest BCUT2D eigenvalue weighted by Gasteiger charge is -2.39. The van der Waals surface area contributed by atoms with Crippen molar-refractivity contribution in [1.29, 1.82) is 0 Å². The topological polar surface area (TPSA) is 30.5 Å². The van der Waals surface area contributed by atoms with E-state index in [0.29, 0.717) is 12.6 Å². The molecule has 18 heavy (non-hydrogen) atoms. The predicted octanol–water partition coefficient (Wildman–Crippen LogP) is 3.04. The highest BCUT2D eigenvalue weighted by Gasteiger charge is 2.43. The van der Waals surface area contributed by atoms with Crippen molar-refractivity contribution in [3.63, 3.8) is 0 Å². The van der Waals surface area contributed by atoms with Crippen LogP contribution in [0.5, 0.6) is 5.75 Å². The first-order valence-electron chi connectivity index (χ1n) is 6.52. The minimum absolute atomic E-state index is 0.124. The van der Waals surface area contributed by atoms with Gasteiger partial charge in [-0.25, -0.2) is 0 Å². The van der Waals surface area contributed by atoms with Crippen molar-refractivity contribution in [2.75, 3.05) is 19.8 Å². The molecule has 0 aromatic heterocycles. The third kappa shape index (κ3) is 2.17. The Morgan fingerprint density at radius 2 is 2.39 bits per heavy atom. The van der Waals surface area contributed by atoms with Gasteiger partial charge in [-0.3, -0.25) is 0 Å². The normalized spacial score (nSPS) is 30.2. The first-order chi connectivity index (χ1) is 8.72. The number of rotatable bonds is 2. The standard InChI is InChI=1S/C14H18BrNO2/c1-2-16-12-8-14(5-6-17-9-14)18-13-7-10(15)3-4-11(12)13/h3-4,7,12,16H,2,5-6,8-9H2,1H3. The van der Waals surface area contributed by atoms with Crippen molar-refractivity contribution in [1.82, 2.24) is 5.32 Å². The van der Waals surface area contributed by atoms with E-state index in [1.165, 1.54) is 5.56 Å². The smallest absolute Gasteiger partial charge is 0.136 e. The molecule has 1 fully saturated rings. The van der Waals surface area contributed by atoms with Crippen LogP contribution >= 0.6 is 15.9 Å². The van der Waals surface area contributed by atoms with E-state index in [-0.39, 0.29) is 5.60 Å². The number of fused-ring (bicyclic) bond motifs is 1. The number of halogens is 1. The molecule has 2 aliphatic heterocycles. The van der Waals surface area contributed by atoms with Gasteiger partial charge in [0.2, 0.25) is 0 Å². The van der Waals surface area contributed by atoms with Gasteiger partial charge in [-0.05, 0) is 18.7 Å². The van der Waals surface area contributed by atoms with E-state index >= 15 is 0 Å². The molecule has 1 aromatic rings. The maximum Gasteiger partial charge on any atom is 0.136 e. The minimum Gasteiger partial charge on any atom is -0.484 e. The van der Waals surface area contributed by atoms with Gasteiger partial charge >= 0.3 is 0 Å². The zero-order valence-electron chi connectivity index (χ0n) is 10.5. The Balaban J connectivity index is 1.97. The summed E-state index contributed by atoms with van der Waals surface area (Å²) in [6.07, 6.45) is 1.98. The molecule has 3 rings (SSSR count). The summed E-state index contributed by atoms with van der Waals surface area (Å²) in [6, 6.07) is 6.66. The third-order valence-corrected chi connectivity index (χ3v) is 4.26. The molecule has 2 heterocycles. The monoisotopic (exact) mass is 311 g/mol. The van der Waals surface area contributed by atoms with Crippen LogP contribution in [-0.4, -0.2) is 25.4 Å². The van der Waals surface area contributed by atoms with E-state index in [1.54, 1.807) is 0 Å². The first kappa shape index (κ1) is 12.5. The van der Waals surface area contributed by atoms with Crippen molar-refractivity contribution < 1.29 is 9.47 Å². The van der Waals surface area contributed by atoms with Gasteiger partial charge in [0.25, 0.3) is 0 Å². The van der Waals surface area contributed by atoms with Crippen molar-refractivity contribution >= 4 is 15.9 Å². The van der Waals surface area contributed by atoms with Crippen LogP contribution in [0, 0.1) is 0 Å². The highest BCUT2D eigenvalue weighted by Crippen LogP contribution is 2.44. The summed E-state index contributed by atoms with van der Waals surface area (Å²) in [6.45, 7) is 4.63. The van der Waals surface area contributed by atoms with E-state index in [2.05, 4.69) is 46.4 Å². The number of benzene rings is 1. The fraction of sp³-hybridized carbons (Fsp3) is 0.571. The van der Waals surface area contributed by atoms with Crippen LogP contribution in [0.3, 0.4) is 0 Å². The number of hydrogen-bond acceptors (Lipinski definition) is 3. The molecule has 1 saturated heterocycles. The summed E-state index contributed by atoms with van der Waals surface area (Å²) in [7, 11) is 0. The summed E-state index contributed by atoms with van der Waals surface area (Å²) in [5, 5.41) is 3.56. The molecule has 98 valence electrons. The molecule has 1 aromatic carbocycles. The van der Waals surface area contributed by atoms with Gasteiger partial charge in [-0.1, -0.05) is 28.9 Å². The SMILES string of the molecule is CCNC1CC2(CCOC2)Oc2cc(Br)ccc21. The first-order valence-corrected chi connectivity index (χ1v) is 7.31. The van der Waals surface area contributed by atoms with Crippen LogP contribution in [0.15, 0.2) is 22.7 Å². The molecule has 0 saturated carbocycles. The van der Waals surface area contributed by atoms with Gasteiger partial charge in [-0.15, -0.1) is 0 Å². The fourth-order valence-corrected chi connectivity index (χ4v) is 3.24. The van der Waals surface area contributed by atoms with Crippen LogP contribution in [0.4, 0.5) is 0 Å². The van der Waals surface area contributed by atoms with Crippen LogP contribution in [0.2, 0.25) is 0 Å². The van der Waals surface area contributed by atoms with Crippen LogP contribution in [-0.2, 0) is 4.74 Å². The molecule has 1 N–H and O–H groups in total. The molecular weight excluding hydrogens is 294 g/mol. The molecule has 2 aliphatic rings. The van der Waals surface area contributed by atoms with Gasteiger partial charge in [-0.2, -0.15) is 0 Å². The lowest BCUT2D eigenvalue weighted by molar-refractivity contribution is 0.0190. The van der Waals surface area contributed by atoms with Gasteiger partial charge in [0, 0.05) is 28.9 Å². The van der Waals surface area contributed by atoms with Gasteiger partial charge in [0.1, 0.15) is 11.4 Å². The molecule has 3 nitrogen and oxygen atoms in total. The number of hydrogen-bond donors (Lipinski definition) is 1. The molecule has 0 aliphatic carbocycles. The van der Waals surface area contributed by atoms with Crippen molar-refractivity contribution in [3.8, 4) is 5.75 Å². The average Bonchev–Trinajstić information content (AvgIpc) is 2.77. The van der Waals surface area contributed by atoms with E-state index < -0.39 is 0 Å². The highest BCUT2D eigenvalue weighted by molar-refractivity contribution is 9.10. The van der Waals surface area contributed by atoms with Gasteiger partial charge < -0.3 is 14.8 Å². The Morgan fingerprint density at radius 3 is 3.11 bits per heavy atom. The second kappa shape index (κ2) is 4.83. The Hall–Kier alpha value is -0.580. The van der Waals surface area contributed by atoms with E-state index in [4.69, 9.17) is 9.47 Å². The molecule has 0 radical (unpaired) electrons. The van der Waals surface area contributed by atoms with Gasteiger partial charge in [0.05, 0.1) is 13.2 Å². The molecule has 0 bridgehead atoms. The van der Waals surface area contributed by atoms with E-state index in [9.17, 15) is 0 Å². The van der Waals surface area contributed by atoms with Gasteiger partial charge in [0.15, 0.2) is 0 Å². The Bertz CT molecular complexity index is 443. The second-order valence-electron chi connectivity index (χ2n) is 5.08. The van der Waals surface area contributed by atoms with Crippen LogP contribution in [0.25, 0.3) is 0 Å². The maximum atomic E-state index is 6.24. The largest absolute Gasteiger partial charge is 0.484 e. The Labute approximate surface area is 116 Å². The highest BCUT2D eigenvalue weighted by atomic mass is 79.9. The summed E-state index contributed by atoms with van der Waals surface area (Å²) >= 11 is 3.51. The Morgan fingerprint density at radius 1 is 1.50 bits per heavy atom. The van der Waals surface area contributed by atoms with Crippen LogP contribution < -0.4 is 10.1 Å². The molecule has 4 heteroatoms. The molecule has 0 amide bonds. The van der Waals surface area contributed by atoms with Crippen LogP contribution in [0.1, 0.15) is 31.4 Å². The maximum absolute atomic E-state index is 6.24. The van der Waals surface area contributed by atoms with Crippen molar-refractivity contribution in [2.45, 2.75) is 31.4 Å². The number of nitrogens with one attached hydrogen (secondary N) is 1. The molecule has 2 atom stereocenters. The zero-order valence-corrected chi connectivity index (χ0v) is 12.1. The lowest BCUT2D eigenvalue weighted by Crippen LogP contribution is -2.44. The quantitative estimate of drug-likeness (QED) is 0.910. The molecule has 2 unspecified atom stereocenters. The summed E-state index contributed by atoms with van der Waals surface area (Å²) in [5.41, 5.74) is 1.14. The molecular formula is C14H18BrNO2. The number of ether oxygens (including phenoxy) is 2.